The van der Waals surface area contributed by atoms with Gasteiger partial charge in [0.25, 0.3) is 0 Å². The molecule has 18 heavy (non-hydrogen) atoms. The first kappa shape index (κ1) is 15.4. The van der Waals surface area contributed by atoms with Gasteiger partial charge < -0.3 is 5.11 Å². The molecule has 0 bridgehead atoms. The molecule has 0 saturated heterocycles. The highest BCUT2D eigenvalue weighted by Crippen LogP contribution is 2.21. The summed E-state index contributed by atoms with van der Waals surface area (Å²) in [7, 11) is -3.46. The average molecular weight is 292 g/mol. The Labute approximate surface area is 113 Å². The molecule has 0 aliphatic carbocycles. The topological polar surface area (TPSA) is 66.4 Å². The van der Waals surface area contributed by atoms with Crippen molar-refractivity contribution >= 4 is 21.6 Å². The molecule has 0 saturated carbocycles. The third-order valence-electron chi connectivity index (χ3n) is 2.65. The maximum Gasteiger partial charge on any atom is 0.212 e. The Balaban J connectivity index is 2.90. The Kier molecular flexibility index (Phi) is 5.59. The molecule has 0 aromatic heterocycles. The number of hydrogen-bond donors (Lipinski definition) is 2. The van der Waals surface area contributed by atoms with E-state index in [4.69, 9.17) is 11.6 Å². The van der Waals surface area contributed by atoms with Gasteiger partial charge in [-0.25, -0.2) is 13.1 Å². The number of aliphatic hydroxyl groups excluding tert-OH is 1. The minimum absolute atomic E-state index is 0.0427. The molecule has 0 spiro atoms. The lowest BCUT2D eigenvalue weighted by Crippen LogP contribution is -2.47. The fourth-order valence-electron chi connectivity index (χ4n) is 1.63. The van der Waals surface area contributed by atoms with Crippen LogP contribution in [0.3, 0.4) is 0 Å². The first-order chi connectivity index (χ1) is 8.43. The molecule has 0 amide bonds. The van der Waals surface area contributed by atoms with Crippen LogP contribution in [0.1, 0.15) is 18.9 Å². The van der Waals surface area contributed by atoms with Gasteiger partial charge in [-0.2, -0.15) is 0 Å². The van der Waals surface area contributed by atoms with Crippen LogP contribution in [0.25, 0.3) is 0 Å². The van der Waals surface area contributed by atoms with Crippen molar-refractivity contribution in [3.63, 3.8) is 0 Å². The van der Waals surface area contributed by atoms with E-state index in [9.17, 15) is 13.5 Å². The molecule has 0 heterocycles. The molecular weight excluding hydrogens is 274 g/mol. The number of hydrogen-bond acceptors (Lipinski definition) is 3. The minimum atomic E-state index is -3.46. The van der Waals surface area contributed by atoms with Gasteiger partial charge in [-0.1, -0.05) is 30.3 Å². The zero-order valence-electron chi connectivity index (χ0n) is 10.3. The van der Waals surface area contributed by atoms with Crippen LogP contribution in [-0.4, -0.2) is 31.8 Å². The minimum Gasteiger partial charge on any atom is -0.394 e. The number of benzene rings is 1. The summed E-state index contributed by atoms with van der Waals surface area (Å²) in [4.78, 5) is 0. The van der Waals surface area contributed by atoms with Gasteiger partial charge in [-0.15, -0.1) is 11.6 Å². The van der Waals surface area contributed by atoms with Crippen LogP contribution in [0.5, 0.6) is 0 Å². The molecule has 1 aromatic carbocycles. The van der Waals surface area contributed by atoms with Crippen LogP contribution in [0.15, 0.2) is 30.3 Å². The van der Waals surface area contributed by atoms with Crippen LogP contribution in [0.4, 0.5) is 0 Å². The lowest BCUT2D eigenvalue weighted by atomic mass is 9.94. The van der Waals surface area contributed by atoms with E-state index in [-0.39, 0.29) is 12.4 Å². The highest BCUT2D eigenvalue weighted by Gasteiger charge is 2.30. The quantitative estimate of drug-likeness (QED) is 0.747. The van der Waals surface area contributed by atoms with Gasteiger partial charge in [0.15, 0.2) is 0 Å². The summed E-state index contributed by atoms with van der Waals surface area (Å²) in [6.45, 7) is 1.34. The first-order valence-electron chi connectivity index (χ1n) is 5.67. The van der Waals surface area contributed by atoms with Crippen molar-refractivity contribution in [1.29, 1.82) is 0 Å². The Hall–Kier alpha value is -0.620. The second-order valence-electron chi connectivity index (χ2n) is 4.32. The van der Waals surface area contributed by atoms with Gasteiger partial charge in [0.1, 0.15) is 0 Å². The van der Waals surface area contributed by atoms with E-state index in [1.807, 2.05) is 6.07 Å². The smallest absolute Gasteiger partial charge is 0.212 e. The van der Waals surface area contributed by atoms with Crippen LogP contribution in [-0.2, 0) is 15.6 Å². The fraction of sp³-hybridized carbons (Fsp3) is 0.500. The molecule has 0 radical (unpaired) electrons. The zero-order valence-corrected chi connectivity index (χ0v) is 11.8. The Bertz CT molecular complexity index is 463. The molecule has 1 atom stereocenters. The van der Waals surface area contributed by atoms with Crippen molar-refractivity contribution in [1.82, 2.24) is 4.72 Å². The summed E-state index contributed by atoms with van der Waals surface area (Å²) in [5, 5.41) is 9.47. The maximum atomic E-state index is 11.9. The second-order valence-corrected chi connectivity index (χ2v) is 6.54. The Morgan fingerprint density at radius 3 is 2.44 bits per heavy atom. The zero-order chi connectivity index (χ0) is 13.6. The summed E-state index contributed by atoms with van der Waals surface area (Å²) in [5.41, 5.74) is -0.284. The molecule has 102 valence electrons. The van der Waals surface area contributed by atoms with E-state index in [1.54, 1.807) is 31.2 Å². The van der Waals surface area contributed by atoms with E-state index in [1.165, 1.54) is 0 Å². The van der Waals surface area contributed by atoms with Crippen LogP contribution in [0.2, 0.25) is 0 Å². The number of sulfonamides is 1. The normalized spacial score (nSPS) is 15.3. The lowest BCUT2D eigenvalue weighted by molar-refractivity contribution is 0.196. The standard InChI is InChI=1S/C12H18ClNO3S/c1-12(10-15,11-6-3-2-4-7-11)14-18(16,17)9-5-8-13/h2-4,6-7,14-15H,5,8-10H2,1H3. The van der Waals surface area contributed by atoms with Crippen molar-refractivity contribution in [3.05, 3.63) is 35.9 Å². The monoisotopic (exact) mass is 291 g/mol. The third-order valence-corrected chi connectivity index (χ3v) is 4.51. The first-order valence-corrected chi connectivity index (χ1v) is 7.86. The van der Waals surface area contributed by atoms with Crippen molar-refractivity contribution in [2.24, 2.45) is 0 Å². The highest BCUT2D eigenvalue weighted by atomic mass is 35.5. The predicted octanol–water partition coefficient (Wildman–Crippen LogP) is 1.44. The SMILES string of the molecule is CC(CO)(NS(=O)(=O)CCCCl)c1ccccc1. The Morgan fingerprint density at radius 1 is 1.33 bits per heavy atom. The van der Waals surface area contributed by atoms with Crippen molar-refractivity contribution in [2.75, 3.05) is 18.2 Å². The van der Waals surface area contributed by atoms with E-state index in [0.29, 0.717) is 12.3 Å². The van der Waals surface area contributed by atoms with E-state index in [0.717, 1.165) is 5.56 Å². The molecule has 0 aliphatic rings. The molecule has 0 aliphatic heterocycles. The molecule has 6 heteroatoms. The number of alkyl halides is 1. The summed E-state index contributed by atoms with van der Waals surface area (Å²) in [6, 6.07) is 9.00. The lowest BCUT2D eigenvalue weighted by Gasteiger charge is -2.28. The number of rotatable bonds is 7. The molecule has 1 unspecified atom stereocenters. The highest BCUT2D eigenvalue weighted by molar-refractivity contribution is 7.89. The van der Waals surface area contributed by atoms with Gasteiger partial charge in [0.05, 0.1) is 17.9 Å². The molecule has 2 N–H and O–H groups in total. The van der Waals surface area contributed by atoms with Crippen LogP contribution in [0, 0.1) is 0 Å². The average Bonchev–Trinajstić information content (AvgIpc) is 2.37. The largest absolute Gasteiger partial charge is 0.394 e. The van der Waals surface area contributed by atoms with Crippen molar-refractivity contribution < 1.29 is 13.5 Å². The van der Waals surface area contributed by atoms with Gasteiger partial charge in [0, 0.05) is 5.88 Å². The van der Waals surface area contributed by atoms with E-state index < -0.39 is 15.6 Å². The Morgan fingerprint density at radius 2 is 1.94 bits per heavy atom. The number of halogens is 1. The maximum absolute atomic E-state index is 11.9. The molecule has 1 rings (SSSR count). The van der Waals surface area contributed by atoms with Gasteiger partial charge >= 0.3 is 0 Å². The van der Waals surface area contributed by atoms with E-state index in [2.05, 4.69) is 4.72 Å². The summed E-state index contributed by atoms with van der Waals surface area (Å²) in [6.07, 6.45) is 0.382. The second kappa shape index (κ2) is 6.52. The van der Waals surface area contributed by atoms with Gasteiger partial charge in [-0.05, 0) is 18.9 Å². The van der Waals surface area contributed by atoms with Crippen molar-refractivity contribution in [3.8, 4) is 0 Å². The molecule has 4 nitrogen and oxygen atoms in total. The molecule has 0 fully saturated rings. The van der Waals surface area contributed by atoms with Gasteiger partial charge in [0.2, 0.25) is 10.0 Å². The number of nitrogens with one attached hydrogen (secondary N) is 1. The molecular formula is C12H18ClNO3S. The van der Waals surface area contributed by atoms with Crippen LogP contribution < -0.4 is 4.72 Å². The van der Waals surface area contributed by atoms with Gasteiger partial charge in [-0.3, -0.25) is 0 Å². The number of aliphatic hydroxyl groups is 1. The van der Waals surface area contributed by atoms with Crippen molar-refractivity contribution in [2.45, 2.75) is 18.9 Å². The fourth-order valence-corrected chi connectivity index (χ4v) is 3.41. The summed E-state index contributed by atoms with van der Waals surface area (Å²) in [5.74, 6) is 0.251. The van der Waals surface area contributed by atoms with E-state index >= 15 is 0 Å². The third kappa shape index (κ3) is 4.24. The molecule has 1 aromatic rings. The predicted molar refractivity (Wildman–Crippen MR) is 73.1 cm³/mol. The summed E-state index contributed by atoms with van der Waals surface area (Å²) < 4.78 is 26.2. The van der Waals surface area contributed by atoms with Crippen LogP contribution >= 0.6 is 11.6 Å². The summed E-state index contributed by atoms with van der Waals surface area (Å²) >= 11 is 5.49.